The summed E-state index contributed by atoms with van der Waals surface area (Å²) >= 11 is 12.1. The van der Waals surface area contributed by atoms with E-state index < -0.39 is 12.0 Å². The largest absolute Gasteiger partial charge is 0.274 e. The van der Waals surface area contributed by atoms with Crippen molar-refractivity contribution < 1.29 is 9.59 Å². The van der Waals surface area contributed by atoms with Crippen molar-refractivity contribution in [1.29, 1.82) is 0 Å². The predicted octanol–water partition coefficient (Wildman–Crippen LogP) is 3.84. The number of rotatable bonds is 2. The van der Waals surface area contributed by atoms with E-state index in [4.69, 9.17) is 23.2 Å². The molecule has 0 bridgehead atoms. The molecule has 0 unspecified atom stereocenters. The maximum Gasteiger partial charge on any atom is 0.253 e. The first-order valence-electron chi connectivity index (χ1n) is 9.40. The minimum Gasteiger partial charge on any atom is -0.274 e. The van der Waals surface area contributed by atoms with E-state index >= 15 is 0 Å². The number of imide groups is 1. The monoisotopic (exact) mass is 415 g/mol. The Morgan fingerprint density at radius 1 is 0.857 bits per heavy atom. The number of carbonyl (C=O) groups is 2. The molecule has 5 rings (SSSR count). The second-order valence-electron chi connectivity index (χ2n) is 7.62. The number of amides is 2. The first kappa shape index (κ1) is 18.1. The lowest BCUT2D eigenvalue weighted by atomic mass is 9.89. The van der Waals surface area contributed by atoms with Crippen molar-refractivity contribution in [2.45, 2.75) is 25.4 Å². The highest BCUT2D eigenvalue weighted by Gasteiger charge is 2.62. The molecule has 3 saturated heterocycles. The molecule has 3 aliphatic heterocycles. The average Bonchev–Trinajstić information content (AvgIpc) is 3.31. The van der Waals surface area contributed by atoms with E-state index in [1.807, 2.05) is 6.92 Å². The average molecular weight is 416 g/mol. The highest BCUT2D eigenvalue weighted by Crippen LogP contribution is 2.49. The molecule has 7 heteroatoms. The van der Waals surface area contributed by atoms with Crippen LogP contribution in [0.5, 0.6) is 0 Å². The molecule has 2 aromatic carbocycles. The summed E-state index contributed by atoms with van der Waals surface area (Å²) in [6.07, 6.45) is 0.986. The Morgan fingerprint density at radius 3 is 2.21 bits per heavy atom. The molecule has 0 N–H and O–H groups in total. The Balaban J connectivity index is 1.58. The van der Waals surface area contributed by atoms with Gasteiger partial charge >= 0.3 is 0 Å². The molecule has 5 nitrogen and oxygen atoms in total. The molecule has 3 heterocycles. The molecule has 0 saturated carbocycles. The number of nitrogens with zero attached hydrogens (tertiary/aromatic N) is 3. The van der Waals surface area contributed by atoms with Crippen LogP contribution in [0, 0.1) is 12.8 Å². The number of fused-ring (bicyclic) bond motifs is 3. The van der Waals surface area contributed by atoms with Crippen molar-refractivity contribution in [2.24, 2.45) is 5.92 Å². The Bertz CT molecular complexity index is 978. The van der Waals surface area contributed by atoms with Crippen LogP contribution in [0.1, 0.15) is 23.6 Å². The van der Waals surface area contributed by atoms with E-state index in [1.54, 1.807) is 18.2 Å². The van der Waals surface area contributed by atoms with Crippen LogP contribution >= 0.6 is 23.2 Å². The van der Waals surface area contributed by atoms with Gasteiger partial charge in [-0.2, -0.15) is 0 Å². The maximum absolute atomic E-state index is 13.5. The third kappa shape index (κ3) is 2.54. The molecular weight excluding hydrogens is 397 g/mol. The van der Waals surface area contributed by atoms with Gasteiger partial charge in [-0.3, -0.25) is 9.59 Å². The minimum atomic E-state index is -0.462. The van der Waals surface area contributed by atoms with Gasteiger partial charge in [-0.25, -0.2) is 14.9 Å². The van der Waals surface area contributed by atoms with Gasteiger partial charge in [0.05, 0.1) is 27.7 Å². The fraction of sp³-hybridized carbons (Fsp3) is 0.333. The molecule has 3 aliphatic rings. The van der Waals surface area contributed by atoms with E-state index in [0.717, 1.165) is 25.1 Å². The molecule has 2 amide bonds. The van der Waals surface area contributed by atoms with Crippen molar-refractivity contribution in [2.75, 3.05) is 18.0 Å². The summed E-state index contributed by atoms with van der Waals surface area (Å²) in [6, 6.07) is 12.5. The zero-order valence-electron chi connectivity index (χ0n) is 15.3. The molecule has 28 heavy (non-hydrogen) atoms. The summed E-state index contributed by atoms with van der Waals surface area (Å²) in [5.74, 6) is -0.784. The van der Waals surface area contributed by atoms with Crippen LogP contribution < -0.4 is 4.90 Å². The third-order valence-corrected chi connectivity index (χ3v) is 6.73. The first-order valence-corrected chi connectivity index (χ1v) is 10.2. The number of aryl methyl sites for hydroxylation is 1. The van der Waals surface area contributed by atoms with Gasteiger partial charge in [-0.05, 0) is 37.1 Å². The number of halogens is 2. The summed E-state index contributed by atoms with van der Waals surface area (Å²) < 4.78 is 0. The number of hydrazine groups is 1. The summed E-state index contributed by atoms with van der Waals surface area (Å²) in [6.45, 7) is 3.69. The third-order valence-electron chi connectivity index (χ3n) is 5.99. The van der Waals surface area contributed by atoms with Crippen LogP contribution in [-0.4, -0.2) is 41.0 Å². The smallest absolute Gasteiger partial charge is 0.253 e. The van der Waals surface area contributed by atoms with Gasteiger partial charge in [0.25, 0.3) is 5.91 Å². The molecule has 0 radical (unpaired) electrons. The van der Waals surface area contributed by atoms with Crippen LogP contribution in [0.15, 0.2) is 42.5 Å². The molecule has 2 aromatic rings. The van der Waals surface area contributed by atoms with Crippen molar-refractivity contribution in [3.63, 3.8) is 0 Å². The second kappa shape index (κ2) is 6.56. The lowest BCUT2D eigenvalue weighted by molar-refractivity contribution is -0.126. The van der Waals surface area contributed by atoms with Crippen LogP contribution in [0.4, 0.5) is 5.69 Å². The van der Waals surface area contributed by atoms with E-state index in [0.29, 0.717) is 15.7 Å². The van der Waals surface area contributed by atoms with Crippen LogP contribution in [-0.2, 0) is 9.59 Å². The topological polar surface area (TPSA) is 43.9 Å². The fourth-order valence-electron chi connectivity index (χ4n) is 4.76. The van der Waals surface area contributed by atoms with Gasteiger partial charge in [0.2, 0.25) is 5.91 Å². The second-order valence-corrected chi connectivity index (χ2v) is 8.43. The van der Waals surface area contributed by atoms with Gasteiger partial charge in [0.15, 0.2) is 0 Å². The summed E-state index contributed by atoms with van der Waals surface area (Å²) in [7, 11) is 0. The summed E-state index contributed by atoms with van der Waals surface area (Å²) in [5, 5.41) is 5.03. The molecular formula is C21H19Cl2N3O2. The van der Waals surface area contributed by atoms with Crippen molar-refractivity contribution in [1.82, 2.24) is 10.0 Å². The lowest BCUT2D eigenvalue weighted by Crippen LogP contribution is -2.44. The number of benzene rings is 2. The van der Waals surface area contributed by atoms with Crippen LogP contribution in [0.3, 0.4) is 0 Å². The Hall–Kier alpha value is -1.92. The molecule has 0 aliphatic carbocycles. The van der Waals surface area contributed by atoms with E-state index in [9.17, 15) is 9.59 Å². The minimum absolute atomic E-state index is 0.127. The fourth-order valence-corrected chi connectivity index (χ4v) is 5.05. The molecule has 0 aromatic heterocycles. The zero-order valence-corrected chi connectivity index (χ0v) is 16.8. The molecule has 3 fully saturated rings. The van der Waals surface area contributed by atoms with Gasteiger partial charge in [0, 0.05) is 13.1 Å². The summed E-state index contributed by atoms with van der Waals surface area (Å²) in [5.41, 5.74) is 2.72. The predicted molar refractivity (Wildman–Crippen MR) is 108 cm³/mol. The quantitative estimate of drug-likeness (QED) is 0.698. The van der Waals surface area contributed by atoms with Gasteiger partial charge in [-0.15, -0.1) is 0 Å². The number of carbonyl (C=O) groups excluding carboxylic acids is 2. The molecule has 144 valence electrons. The van der Waals surface area contributed by atoms with E-state index in [-0.39, 0.29) is 17.9 Å². The first-order chi connectivity index (χ1) is 13.5. The van der Waals surface area contributed by atoms with Gasteiger partial charge in [0.1, 0.15) is 6.04 Å². The molecule has 0 spiro atoms. The number of hydrogen-bond donors (Lipinski definition) is 0. The Kier molecular flexibility index (Phi) is 4.25. The van der Waals surface area contributed by atoms with Crippen molar-refractivity contribution >= 4 is 40.7 Å². The van der Waals surface area contributed by atoms with Crippen molar-refractivity contribution in [3.8, 4) is 0 Å². The van der Waals surface area contributed by atoms with Gasteiger partial charge in [-0.1, -0.05) is 53.0 Å². The van der Waals surface area contributed by atoms with Crippen LogP contribution in [0.25, 0.3) is 0 Å². The SMILES string of the molecule is Cc1ccc([C@H]2[C@H]3C(=O)N(c4ccc(Cl)c(Cl)c4)C(=O)[C@H]3N3CCCN23)cc1. The number of hydrogen-bond acceptors (Lipinski definition) is 4. The zero-order chi connectivity index (χ0) is 19.6. The molecule has 3 atom stereocenters. The lowest BCUT2D eigenvalue weighted by Gasteiger charge is -2.29. The number of anilines is 1. The standard InChI is InChI=1S/C21H19Cl2N3O2/c1-12-3-5-13(6-4-12)18-17-19(25-10-2-9-24(18)25)21(28)26(20(17)27)14-7-8-15(22)16(23)11-14/h3-8,11,17-19H,2,9-10H2,1H3/t17-,18+,19+/m1/s1. The van der Waals surface area contributed by atoms with Gasteiger partial charge < -0.3 is 0 Å². The normalized spacial score (nSPS) is 27.5. The van der Waals surface area contributed by atoms with E-state index in [1.165, 1.54) is 10.5 Å². The highest BCUT2D eigenvalue weighted by molar-refractivity contribution is 6.42. The summed E-state index contributed by atoms with van der Waals surface area (Å²) in [4.78, 5) is 28.1. The van der Waals surface area contributed by atoms with E-state index in [2.05, 4.69) is 34.3 Å². The Morgan fingerprint density at radius 2 is 1.54 bits per heavy atom. The highest BCUT2D eigenvalue weighted by atomic mass is 35.5. The van der Waals surface area contributed by atoms with Crippen LogP contribution in [0.2, 0.25) is 10.0 Å². The maximum atomic E-state index is 13.5. The Labute approximate surface area is 173 Å². The van der Waals surface area contributed by atoms with Crippen molar-refractivity contribution in [3.05, 3.63) is 63.6 Å².